The molecule has 0 aliphatic heterocycles. The number of hydrogen-bond donors (Lipinski definition) is 2. The van der Waals surface area contributed by atoms with Crippen molar-refractivity contribution >= 4 is 39.9 Å². The molecule has 0 aliphatic carbocycles. The van der Waals surface area contributed by atoms with Crippen LogP contribution in [0.15, 0.2) is 47.3 Å². The van der Waals surface area contributed by atoms with Crippen LogP contribution in [0.25, 0.3) is 10.8 Å². The van der Waals surface area contributed by atoms with E-state index in [-0.39, 0.29) is 21.8 Å². The summed E-state index contributed by atoms with van der Waals surface area (Å²) < 4.78 is 18.5. The third-order valence-corrected chi connectivity index (χ3v) is 3.66. The van der Waals surface area contributed by atoms with Crippen LogP contribution in [0.1, 0.15) is 10.5 Å². The highest BCUT2D eigenvalue weighted by Gasteiger charge is 2.17. The number of nitrogens with zero attached hydrogens (tertiary/aromatic N) is 1. The number of ether oxygens (including phenoxy) is 1. The highest BCUT2D eigenvalue weighted by Crippen LogP contribution is 2.19. The summed E-state index contributed by atoms with van der Waals surface area (Å²) in [5.74, 6) is -2.36. The minimum absolute atomic E-state index is 0.0944. The number of esters is 1. The lowest BCUT2D eigenvalue weighted by Crippen LogP contribution is -2.23. The molecule has 1 heterocycles. The molecule has 7 nitrogen and oxygen atoms in total. The lowest BCUT2D eigenvalue weighted by atomic mass is 10.1. The number of hydrogen-bond acceptors (Lipinski definition) is 5. The van der Waals surface area contributed by atoms with Gasteiger partial charge < -0.3 is 10.1 Å². The Labute approximate surface area is 150 Å². The molecule has 2 N–H and O–H groups in total. The monoisotopic (exact) mass is 375 g/mol. The molecule has 9 heteroatoms. The highest BCUT2D eigenvalue weighted by molar-refractivity contribution is 6.30. The summed E-state index contributed by atoms with van der Waals surface area (Å²) in [5.41, 5.74) is -0.679. The summed E-state index contributed by atoms with van der Waals surface area (Å²) in [5, 5.41) is 8.88. The molecule has 0 radical (unpaired) electrons. The number of H-pyrrole nitrogens is 1. The first-order chi connectivity index (χ1) is 12.5. The van der Waals surface area contributed by atoms with Crippen LogP contribution in [0.3, 0.4) is 0 Å². The quantitative estimate of drug-likeness (QED) is 0.682. The summed E-state index contributed by atoms with van der Waals surface area (Å²) in [6.07, 6.45) is 0. The van der Waals surface area contributed by atoms with Crippen molar-refractivity contribution in [2.75, 3.05) is 11.9 Å². The van der Waals surface area contributed by atoms with Gasteiger partial charge in [0.1, 0.15) is 5.82 Å². The smallest absolute Gasteiger partial charge is 0.359 e. The van der Waals surface area contributed by atoms with Gasteiger partial charge in [0.2, 0.25) is 0 Å². The van der Waals surface area contributed by atoms with Crippen LogP contribution in [0.5, 0.6) is 0 Å². The molecule has 0 unspecified atom stereocenters. The fourth-order valence-corrected chi connectivity index (χ4v) is 2.41. The molecule has 132 valence electrons. The molecular formula is C17H11ClFN3O4. The lowest BCUT2D eigenvalue weighted by Gasteiger charge is -2.08. The molecule has 3 aromatic rings. The van der Waals surface area contributed by atoms with Crippen molar-refractivity contribution in [2.45, 2.75) is 0 Å². The van der Waals surface area contributed by atoms with Crippen LogP contribution in [0.2, 0.25) is 5.02 Å². The molecule has 0 saturated carbocycles. The SMILES string of the molecule is O=C(COC(=O)c1n[nH]c(=O)c2ccccc12)Nc1ccc(Cl)cc1F. The molecule has 0 spiro atoms. The zero-order chi connectivity index (χ0) is 18.7. The fraction of sp³-hybridized carbons (Fsp3) is 0.0588. The Balaban J connectivity index is 1.70. The maximum Gasteiger partial charge on any atom is 0.359 e. The van der Waals surface area contributed by atoms with Crippen LogP contribution < -0.4 is 10.9 Å². The molecule has 0 fully saturated rings. The fourth-order valence-electron chi connectivity index (χ4n) is 2.25. The third kappa shape index (κ3) is 3.70. The molecule has 0 atom stereocenters. The number of carbonyl (C=O) groups excluding carboxylic acids is 2. The maximum atomic E-state index is 13.6. The van der Waals surface area contributed by atoms with Gasteiger partial charge in [-0.1, -0.05) is 29.8 Å². The van der Waals surface area contributed by atoms with E-state index in [2.05, 4.69) is 15.5 Å². The molecule has 1 amide bonds. The topological polar surface area (TPSA) is 101 Å². The average molecular weight is 376 g/mol. The number of anilines is 1. The zero-order valence-corrected chi connectivity index (χ0v) is 13.8. The number of aromatic nitrogens is 2. The third-order valence-electron chi connectivity index (χ3n) is 3.43. The molecule has 1 aromatic heterocycles. The van der Waals surface area contributed by atoms with Gasteiger partial charge in [-0.2, -0.15) is 5.10 Å². The first-order valence-electron chi connectivity index (χ1n) is 7.35. The van der Waals surface area contributed by atoms with Crippen molar-refractivity contribution in [3.05, 3.63) is 69.4 Å². The number of rotatable bonds is 4. The van der Waals surface area contributed by atoms with Crippen LogP contribution in [0.4, 0.5) is 10.1 Å². The first kappa shape index (κ1) is 17.6. The highest BCUT2D eigenvalue weighted by atomic mass is 35.5. The summed E-state index contributed by atoms with van der Waals surface area (Å²) in [4.78, 5) is 35.7. The second-order valence-corrected chi connectivity index (χ2v) is 5.63. The Hall–Kier alpha value is -3.26. The van der Waals surface area contributed by atoms with Gasteiger partial charge in [0.05, 0.1) is 11.1 Å². The van der Waals surface area contributed by atoms with Crippen molar-refractivity contribution in [3.63, 3.8) is 0 Å². The lowest BCUT2D eigenvalue weighted by molar-refractivity contribution is -0.119. The Morgan fingerprint density at radius 2 is 1.92 bits per heavy atom. The zero-order valence-electron chi connectivity index (χ0n) is 13.1. The number of amides is 1. The first-order valence-corrected chi connectivity index (χ1v) is 7.73. The van der Waals surface area contributed by atoms with Crippen molar-refractivity contribution in [1.82, 2.24) is 10.2 Å². The summed E-state index contributed by atoms with van der Waals surface area (Å²) in [7, 11) is 0. The average Bonchev–Trinajstić information content (AvgIpc) is 2.63. The summed E-state index contributed by atoms with van der Waals surface area (Å²) in [6.45, 7) is -0.657. The predicted molar refractivity (Wildman–Crippen MR) is 92.7 cm³/mol. The Morgan fingerprint density at radius 3 is 2.65 bits per heavy atom. The number of nitrogens with one attached hydrogen (secondary N) is 2. The van der Waals surface area contributed by atoms with Gasteiger partial charge in [-0.25, -0.2) is 14.3 Å². The van der Waals surface area contributed by atoms with Gasteiger partial charge in [-0.15, -0.1) is 0 Å². The number of halogens is 2. The summed E-state index contributed by atoms with van der Waals surface area (Å²) in [6, 6.07) is 10.1. The molecule has 3 rings (SSSR count). The van der Waals surface area contributed by atoms with Crippen LogP contribution in [-0.4, -0.2) is 28.7 Å². The molecule has 0 bridgehead atoms. The van der Waals surface area contributed by atoms with E-state index in [0.29, 0.717) is 5.39 Å². The Morgan fingerprint density at radius 1 is 1.19 bits per heavy atom. The van der Waals surface area contributed by atoms with Crippen LogP contribution in [-0.2, 0) is 9.53 Å². The van der Waals surface area contributed by atoms with E-state index in [1.165, 1.54) is 24.3 Å². The van der Waals surface area contributed by atoms with E-state index in [1.807, 2.05) is 0 Å². The second-order valence-electron chi connectivity index (χ2n) is 5.20. The van der Waals surface area contributed by atoms with E-state index in [0.717, 1.165) is 6.07 Å². The second kappa shape index (κ2) is 7.32. The largest absolute Gasteiger partial charge is 0.451 e. The van der Waals surface area contributed by atoms with Gasteiger partial charge in [0, 0.05) is 10.4 Å². The number of aromatic amines is 1. The van der Waals surface area contributed by atoms with E-state index in [9.17, 15) is 18.8 Å². The number of fused-ring (bicyclic) bond motifs is 1. The van der Waals surface area contributed by atoms with Gasteiger partial charge in [-0.3, -0.25) is 9.59 Å². The van der Waals surface area contributed by atoms with Crippen molar-refractivity contribution in [2.24, 2.45) is 0 Å². The van der Waals surface area contributed by atoms with E-state index in [4.69, 9.17) is 16.3 Å². The van der Waals surface area contributed by atoms with Gasteiger partial charge in [0.25, 0.3) is 11.5 Å². The number of benzene rings is 2. The minimum atomic E-state index is -0.899. The molecule has 2 aromatic carbocycles. The van der Waals surface area contributed by atoms with Crippen LogP contribution >= 0.6 is 11.6 Å². The van der Waals surface area contributed by atoms with E-state index < -0.39 is 29.9 Å². The standard InChI is InChI=1S/C17H11ClFN3O4/c18-9-5-6-13(12(19)7-9)20-14(23)8-26-17(25)15-10-3-1-2-4-11(10)16(24)22-21-15/h1-7H,8H2,(H,20,23)(H,22,24). The van der Waals surface area contributed by atoms with Gasteiger partial charge >= 0.3 is 5.97 Å². The van der Waals surface area contributed by atoms with Crippen molar-refractivity contribution in [3.8, 4) is 0 Å². The Kier molecular flexibility index (Phi) is 4.94. The predicted octanol–water partition coefficient (Wildman–Crippen LogP) is 2.51. The summed E-state index contributed by atoms with van der Waals surface area (Å²) >= 11 is 5.63. The molecular weight excluding hydrogens is 365 g/mol. The molecule has 0 saturated heterocycles. The maximum absolute atomic E-state index is 13.6. The van der Waals surface area contributed by atoms with Crippen molar-refractivity contribution in [1.29, 1.82) is 0 Å². The van der Waals surface area contributed by atoms with Gasteiger partial charge in [0.15, 0.2) is 12.3 Å². The Bertz CT molecular complexity index is 1070. The van der Waals surface area contributed by atoms with Crippen molar-refractivity contribution < 1.29 is 18.7 Å². The normalized spacial score (nSPS) is 10.5. The minimum Gasteiger partial charge on any atom is -0.451 e. The number of carbonyl (C=O) groups is 2. The van der Waals surface area contributed by atoms with E-state index in [1.54, 1.807) is 12.1 Å². The molecule has 26 heavy (non-hydrogen) atoms. The van der Waals surface area contributed by atoms with E-state index >= 15 is 0 Å². The van der Waals surface area contributed by atoms with Gasteiger partial charge in [-0.05, 0) is 24.3 Å². The van der Waals surface area contributed by atoms with Crippen LogP contribution in [0, 0.1) is 5.82 Å². The molecule has 0 aliphatic rings.